The van der Waals surface area contributed by atoms with E-state index in [1.165, 1.54) is 32.1 Å². The molecule has 2 aliphatic rings. The third kappa shape index (κ3) is 7.16. The van der Waals surface area contributed by atoms with Crippen LogP contribution in [0.4, 0.5) is 0 Å². The average Bonchev–Trinajstić information content (AvgIpc) is 2.73. The molecule has 0 bridgehead atoms. The Morgan fingerprint density at radius 3 is 2.40 bits per heavy atom. The summed E-state index contributed by atoms with van der Waals surface area (Å²) in [6.07, 6.45) is 6.47. The van der Waals surface area contributed by atoms with Gasteiger partial charge in [0.1, 0.15) is 6.10 Å². The van der Waals surface area contributed by atoms with Crippen molar-refractivity contribution in [3.8, 4) is 0 Å². The van der Waals surface area contributed by atoms with Crippen LogP contribution in [0.15, 0.2) is 0 Å². The molecule has 7 nitrogen and oxygen atoms in total. The summed E-state index contributed by atoms with van der Waals surface area (Å²) in [5, 5.41) is 26.9. The minimum Gasteiger partial charge on any atom is -0.389 e. The van der Waals surface area contributed by atoms with E-state index in [4.69, 9.17) is 9.47 Å². The molecule has 2 heterocycles. The van der Waals surface area contributed by atoms with Crippen molar-refractivity contribution in [3.63, 3.8) is 0 Å². The molecule has 2 fully saturated rings. The quantitative estimate of drug-likeness (QED) is 0.548. The normalized spacial score (nSPS) is 40.4. The van der Waals surface area contributed by atoms with Crippen molar-refractivity contribution in [2.45, 2.75) is 115 Å². The van der Waals surface area contributed by atoms with E-state index >= 15 is 0 Å². The molecule has 30 heavy (non-hydrogen) atoms. The van der Waals surface area contributed by atoms with Gasteiger partial charge in [-0.1, -0.05) is 52.4 Å². The van der Waals surface area contributed by atoms with Crippen molar-refractivity contribution in [3.05, 3.63) is 0 Å². The fourth-order valence-corrected chi connectivity index (χ4v) is 4.71. The lowest BCUT2D eigenvalue weighted by atomic mass is 9.92. The number of aliphatic hydroxyl groups excluding tert-OH is 2. The molecule has 0 saturated carbocycles. The topological polar surface area (TPSA) is 100 Å². The number of carbonyl (C=O) groups excluding carboxylic acids is 1. The second kappa shape index (κ2) is 13.0. The van der Waals surface area contributed by atoms with Gasteiger partial charge in [-0.15, -0.1) is 0 Å². The maximum atomic E-state index is 12.8. The Morgan fingerprint density at radius 2 is 1.73 bits per heavy atom. The van der Waals surface area contributed by atoms with Crippen LogP contribution in [-0.2, 0) is 14.3 Å². The van der Waals surface area contributed by atoms with E-state index in [0.29, 0.717) is 6.54 Å². The van der Waals surface area contributed by atoms with Gasteiger partial charge in [-0.25, -0.2) is 0 Å². The number of hydrogen-bond donors (Lipinski definition) is 4. The Bertz CT molecular complexity index is 506. The third-order valence-corrected chi connectivity index (χ3v) is 6.97. The van der Waals surface area contributed by atoms with E-state index in [0.717, 1.165) is 31.6 Å². The number of carbonyl (C=O) groups is 1. The molecule has 0 spiro atoms. The molecule has 0 aromatic rings. The lowest BCUT2D eigenvalue weighted by Gasteiger charge is -2.43. The highest BCUT2D eigenvalue weighted by atomic mass is 16.7. The summed E-state index contributed by atoms with van der Waals surface area (Å²) in [7, 11) is 1.70. The molecule has 1 amide bonds. The molecule has 8 atom stereocenters. The van der Waals surface area contributed by atoms with Gasteiger partial charge in [0.25, 0.3) is 0 Å². The summed E-state index contributed by atoms with van der Waals surface area (Å²) in [5.74, 6) is 0.426. The minimum absolute atomic E-state index is 0.00587. The molecule has 176 valence electrons. The lowest BCUT2D eigenvalue weighted by Crippen LogP contribution is -2.62. The summed E-state index contributed by atoms with van der Waals surface area (Å²) in [6.45, 7) is 6.62. The average molecular weight is 429 g/mol. The molecule has 2 aliphatic heterocycles. The van der Waals surface area contributed by atoms with Gasteiger partial charge in [-0.3, -0.25) is 4.79 Å². The second-order valence-corrected chi connectivity index (χ2v) is 9.17. The minimum atomic E-state index is -1.00. The van der Waals surface area contributed by atoms with Crippen LogP contribution in [0.25, 0.3) is 0 Å². The molecular weight excluding hydrogens is 384 g/mol. The van der Waals surface area contributed by atoms with Gasteiger partial charge in [-0.05, 0) is 39.2 Å². The van der Waals surface area contributed by atoms with Gasteiger partial charge >= 0.3 is 0 Å². The molecule has 0 aromatic heterocycles. The van der Waals surface area contributed by atoms with Crippen LogP contribution in [-0.4, -0.2) is 66.5 Å². The zero-order valence-electron chi connectivity index (χ0n) is 19.3. The first-order chi connectivity index (χ1) is 14.4. The molecule has 7 heteroatoms. The van der Waals surface area contributed by atoms with Crippen molar-refractivity contribution < 1.29 is 24.5 Å². The van der Waals surface area contributed by atoms with Crippen LogP contribution < -0.4 is 10.6 Å². The highest BCUT2D eigenvalue weighted by Crippen LogP contribution is 2.27. The third-order valence-electron chi connectivity index (χ3n) is 6.97. The van der Waals surface area contributed by atoms with Crippen LogP contribution in [0.2, 0.25) is 0 Å². The molecular formula is C23H44N2O5. The lowest BCUT2D eigenvalue weighted by molar-refractivity contribution is -0.287. The molecule has 4 N–H and O–H groups in total. The number of nitrogens with one attached hydrogen (secondary N) is 2. The summed E-state index contributed by atoms with van der Waals surface area (Å²) in [6, 6.07) is -0.534. The SMILES string of the molecule is CC[C@H]1CCCCCC[C@H](O[C@@H]2O[C@@H](C)[C@@H](O)[C@@H](NC)[C@H]2O)[C@@H](C)C(=O)NCCC1. The van der Waals surface area contributed by atoms with Crippen LogP contribution >= 0.6 is 0 Å². The van der Waals surface area contributed by atoms with E-state index in [-0.39, 0.29) is 17.9 Å². The van der Waals surface area contributed by atoms with Crippen molar-refractivity contribution in [2.24, 2.45) is 11.8 Å². The first kappa shape index (κ1) is 25.5. The maximum absolute atomic E-state index is 12.8. The standard InChI is InChI=1S/C23H44N2O5/c1-5-17-11-8-6-7-9-13-18(15(2)22(28)25-14-10-12-17)30-23-21(27)19(24-4)20(26)16(3)29-23/h15-21,23-24,26-27H,5-14H2,1-4H3,(H,25,28)/t15-,16+,17+,18+,19-,20-,21-,23+/m1/s1. The number of amides is 1. The summed E-state index contributed by atoms with van der Waals surface area (Å²) >= 11 is 0. The van der Waals surface area contributed by atoms with Gasteiger partial charge in [0.15, 0.2) is 6.29 Å². The van der Waals surface area contributed by atoms with Crippen LogP contribution in [0, 0.1) is 11.8 Å². The summed E-state index contributed by atoms with van der Waals surface area (Å²) in [4.78, 5) is 12.8. The highest BCUT2D eigenvalue weighted by molar-refractivity contribution is 5.78. The van der Waals surface area contributed by atoms with Crippen LogP contribution in [0.1, 0.15) is 78.6 Å². The maximum Gasteiger partial charge on any atom is 0.225 e. The molecule has 2 saturated heterocycles. The van der Waals surface area contributed by atoms with E-state index in [2.05, 4.69) is 17.6 Å². The molecule has 0 radical (unpaired) electrons. The van der Waals surface area contributed by atoms with E-state index in [1.807, 2.05) is 6.92 Å². The zero-order chi connectivity index (χ0) is 22.1. The highest BCUT2D eigenvalue weighted by Gasteiger charge is 2.44. The van der Waals surface area contributed by atoms with Crippen LogP contribution in [0.3, 0.4) is 0 Å². The second-order valence-electron chi connectivity index (χ2n) is 9.17. The number of hydrogen-bond acceptors (Lipinski definition) is 6. The Labute approximate surface area is 182 Å². The fourth-order valence-electron chi connectivity index (χ4n) is 4.71. The summed E-state index contributed by atoms with van der Waals surface area (Å²) in [5.41, 5.74) is 0. The first-order valence-electron chi connectivity index (χ1n) is 12.0. The number of rotatable bonds is 4. The number of aliphatic hydroxyl groups is 2. The van der Waals surface area contributed by atoms with Gasteiger partial charge < -0.3 is 30.3 Å². The smallest absolute Gasteiger partial charge is 0.225 e. The van der Waals surface area contributed by atoms with Gasteiger partial charge in [0.2, 0.25) is 5.91 Å². The molecule has 0 aliphatic carbocycles. The zero-order valence-corrected chi connectivity index (χ0v) is 19.3. The van der Waals surface area contributed by atoms with Crippen molar-refractivity contribution in [1.82, 2.24) is 10.6 Å². The Morgan fingerprint density at radius 1 is 1.07 bits per heavy atom. The monoisotopic (exact) mass is 428 g/mol. The van der Waals surface area contributed by atoms with E-state index < -0.39 is 30.6 Å². The van der Waals surface area contributed by atoms with Gasteiger partial charge in [-0.2, -0.15) is 0 Å². The Balaban J connectivity index is 2.02. The van der Waals surface area contributed by atoms with E-state index in [1.54, 1.807) is 14.0 Å². The van der Waals surface area contributed by atoms with Crippen molar-refractivity contribution >= 4 is 5.91 Å². The molecule has 0 unspecified atom stereocenters. The molecule has 2 rings (SSSR count). The van der Waals surface area contributed by atoms with Gasteiger partial charge in [0.05, 0.1) is 30.3 Å². The van der Waals surface area contributed by atoms with Crippen molar-refractivity contribution in [1.29, 1.82) is 0 Å². The van der Waals surface area contributed by atoms with E-state index in [9.17, 15) is 15.0 Å². The molecule has 0 aromatic carbocycles. The van der Waals surface area contributed by atoms with Gasteiger partial charge in [0, 0.05) is 6.54 Å². The number of likely N-dealkylation sites (N-methyl/N-ethyl adjacent to an activating group) is 1. The predicted octanol–water partition coefficient (Wildman–Crippen LogP) is 2.34. The Kier molecular flexibility index (Phi) is 11.0. The first-order valence-corrected chi connectivity index (χ1v) is 12.0. The predicted molar refractivity (Wildman–Crippen MR) is 117 cm³/mol. The van der Waals surface area contributed by atoms with Crippen molar-refractivity contribution in [2.75, 3.05) is 13.6 Å². The van der Waals surface area contributed by atoms with Crippen LogP contribution in [0.5, 0.6) is 0 Å². The number of ether oxygens (including phenoxy) is 2. The largest absolute Gasteiger partial charge is 0.389 e. The Hall–Kier alpha value is -0.730. The summed E-state index contributed by atoms with van der Waals surface area (Å²) < 4.78 is 12.0. The fraction of sp³-hybridized carbons (Fsp3) is 0.957.